The average molecular weight is 552 g/mol. The number of urea groups is 1. The van der Waals surface area contributed by atoms with Crippen molar-refractivity contribution in [3.8, 4) is 11.5 Å². The number of nitrogens with zero attached hydrogens (tertiary/aromatic N) is 3. The van der Waals surface area contributed by atoms with E-state index in [0.717, 1.165) is 11.1 Å². The van der Waals surface area contributed by atoms with Crippen LogP contribution in [0.25, 0.3) is 0 Å². The van der Waals surface area contributed by atoms with Crippen molar-refractivity contribution in [2.75, 3.05) is 40.4 Å². The lowest BCUT2D eigenvalue weighted by molar-refractivity contribution is -0.138. The van der Waals surface area contributed by atoms with Gasteiger partial charge in [0, 0.05) is 32.6 Å². The summed E-state index contributed by atoms with van der Waals surface area (Å²) in [5.41, 5.74) is 1.66. The summed E-state index contributed by atoms with van der Waals surface area (Å²) in [6.45, 7) is 3.68. The molecule has 0 spiro atoms. The van der Waals surface area contributed by atoms with E-state index in [1.165, 1.54) is 16.9 Å². The van der Waals surface area contributed by atoms with Gasteiger partial charge < -0.3 is 19.5 Å². The van der Waals surface area contributed by atoms with E-state index in [-0.39, 0.29) is 31.5 Å². The number of rotatable bonds is 12. The van der Waals surface area contributed by atoms with Crippen molar-refractivity contribution in [1.82, 2.24) is 14.7 Å². The van der Waals surface area contributed by atoms with Gasteiger partial charge in [0.1, 0.15) is 6.61 Å². The molecule has 1 aliphatic heterocycles. The van der Waals surface area contributed by atoms with Gasteiger partial charge in [0.15, 0.2) is 11.5 Å². The van der Waals surface area contributed by atoms with Gasteiger partial charge in [-0.3, -0.25) is 19.4 Å². The molecule has 0 radical (unpaired) electrons. The molecule has 1 unspecified atom stereocenters. The van der Waals surface area contributed by atoms with E-state index >= 15 is 0 Å². The molecule has 2 aromatic carbocycles. The second kappa shape index (κ2) is 13.0. The van der Waals surface area contributed by atoms with Gasteiger partial charge in [0.05, 0.1) is 30.1 Å². The molecule has 0 aliphatic carbocycles. The number of ether oxygens (including phenoxy) is 2. The Hall–Kier alpha value is -3.01. The van der Waals surface area contributed by atoms with Crippen molar-refractivity contribution in [3.05, 3.63) is 57.6 Å². The summed E-state index contributed by atoms with van der Waals surface area (Å²) in [5.74, 6) is -0.170. The third kappa shape index (κ3) is 7.28. The Morgan fingerprint density at radius 2 is 1.89 bits per heavy atom. The lowest BCUT2D eigenvalue weighted by Gasteiger charge is -2.31. The molecule has 1 aliphatic rings. The number of benzene rings is 2. The van der Waals surface area contributed by atoms with Crippen LogP contribution in [0.15, 0.2) is 36.4 Å². The number of halogens is 2. The number of carboxylic acids is 1. The lowest BCUT2D eigenvalue weighted by Crippen LogP contribution is -2.51. The Morgan fingerprint density at radius 3 is 2.54 bits per heavy atom. The Balaban J connectivity index is 1.72. The highest BCUT2D eigenvalue weighted by Crippen LogP contribution is 2.33. The minimum absolute atomic E-state index is 0.104. The number of aliphatic carboxylic acids is 1. The lowest BCUT2D eigenvalue weighted by atomic mass is 10.0. The first-order valence-electron chi connectivity index (χ1n) is 11.9. The molecule has 1 atom stereocenters. The van der Waals surface area contributed by atoms with Crippen molar-refractivity contribution in [3.63, 3.8) is 0 Å². The zero-order valence-electron chi connectivity index (χ0n) is 21.1. The number of hydrogen-bond donors (Lipinski definition) is 1. The van der Waals surface area contributed by atoms with Gasteiger partial charge in [-0.25, -0.2) is 4.79 Å². The average Bonchev–Trinajstić information content (AvgIpc) is 2.87. The number of carbonyl (C=O) groups excluding carboxylic acids is 2. The summed E-state index contributed by atoms with van der Waals surface area (Å²) in [4.78, 5) is 40.7. The van der Waals surface area contributed by atoms with Crippen LogP contribution in [-0.2, 0) is 16.1 Å². The van der Waals surface area contributed by atoms with Gasteiger partial charge >= 0.3 is 12.0 Å². The van der Waals surface area contributed by atoms with Crippen molar-refractivity contribution in [2.24, 2.45) is 0 Å². The fourth-order valence-electron chi connectivity index (χ4n) is 4.22. The Kier molecular flexibility index (Phi) is 10.0. The molecular weight excluding hydrogens is 521 g/mol. The molecule has 11 heteroatoms. The van der Waals surface area contributed by atoms with Crippen LogP contribution in [0.5, 0.6) is 11.5 Å². The largest absolute Gasteiger partial charge is 0.493 e. The Morgan fingerprint density at radius 1 is 1.14 bits per heavy atom. The number of amides is 3. The first-order valence-corrected chi connectivity index (χ1v) is 12.7. The van der Waals surface area contributed by atoms with E-state index in [2.05, 4.69) is 0 Å². The molecule has 1 heterocycles. The second-order valence-corrected chi connectivity index (χ2v) is 9.50. The van der Waals surface area contributed by atoms with E-state index in [1.807, 2.05) is 24.0 Å². The SMILES string of the molecule is CCN(Cc1ccc(OCCN2C(=O)CCN(C)C2=O)c(OC)c1)C(CC(=O)O)c1ccc(Cl)c(Cl)c1. The quantitative estimate of drug-likeness (QED) is 0.408. The molecule has 1 fully saturated rings. The topological polar surface area (TPSA) is 99.6 Å². The predicted octanol–water partition coefficient (Wildman–Crippen LogP) is 4.70. The Labute approximate surface area is 226 Å². The van der Waals surface area contributed by atoms with Gasteiger partial charge in [0.2, 0.25) is 5.91 Å². The molecule has 3 amide bonds. The maximum Gasteiger partial charge on any atom is 0.326 e. The number of carbonyl (C=O) groups is 3. The van der Waals surface area contributed by atoms with Gasteiger partial charge in [-0.05, 0) is 41.9 Å². The van der Waals surface area contributed by atoms with Gasteiger partial charge in [-0.2, -0.15) is 0 Å². The van der Waals surface area contributed by atoms with E-state index in [9.17, 15) is 19.5 Å². The van der Waals surface area contributed by atoms with Crippen LogP contribution in [0, 0.1) is 0 Å². The predicted molar refractivity (Wildman–Crippen MR) is 140 cm³/mol. The van der Waals surface area contributed by atoms with E-state index in [1.54, 1.807) is 31.3 Å². The summed E-state index contributed by atoms with van der Waals surface area (Å²) >= 11 is 12.3. The van der Waals surface area contributed by atoms with Crippen LogP contribution in [-0.4, -0.2) is 78.1 Å². The molecule has 2 aromatic rings. The van der Waals surface area contributed by atoms with Crippen LogP contribution < -0.4 is 9.47 Å². The molecule has 1 saturated heterocycles. The summed E-state index contributed by atoms with van der Waals surface area (Å²) in [7, 11) is 3.19. The minimum Gasteiger partial charge on any atom is -0.493 e. The van der Waals surface area contributed by atoms with Crippen molar-refractivity contribution in [2.45, 2.75) is 32.4 Å². The molecule has 37 heavy (non-hydrogen) atoms. The zero-order valence-corrected chi connectivity index (χ0v) is 22.6. The summed E-state index contributed by atoms with van der Waals surface area (Å²) in [5, 5.41) is 10.3. The second-order valence-electron chi connectivity index (χ2n) is 8.68. The van der Waals surface area contributed by atoms with E-state index in [0.29, 0.717) is 47.6 Å². The Bertz CT molecular complexity index is 1150. The highest BCUT2D eigenvalue weighted by atomic mass is 35.5. The number of carboxylic acid groups (broad SMARTS) is 1. The zero-order chi connectivity index (χ0) is 27.1. The molecule has 3 rings (SSSR count). The third-order valence-electron chi connectivity index (χ3n) is 6.25. The molecular formula is C26H31Cl2N3O6. The van der Waals surface area contributed by atoms with Crippen LogP contribution in [0.1, 0.15) is 36.9 Å². The highest BCUT2D eigenvalue weighted by molar-refractivity contribution is 6.42. The highest BCUT2D eigenvalue weighted by Gasteiger charge is 2.29. The fraction of sp³-hybridized carbons (Fsp3) is 0.423. The summed E-state index contributed by atoms with van der Waals surface area (Å²) < 4.78 is 11.4. The third-order valence-corrected chi connectivity index (χ3v) is 6.99. The van der Waals surface area contributed by atoms with Crippen molar-refractivity contribution >= 4 is 41.1 Å². The van der Waals surface area contributed by atoms with Crippen molar-refractivity contribution in [1.29, 1.82) is 0 Å². The molecule has 1 N–H and O–H groups in total. The summed E-state index contributed by atoms with van der Waals surface area (Å²) in [6, 6.07) is 9.87. The van der Waals surface area contributed by atoms with Crippen LogP contribution in [0.4, 0.5) is 4.79 Å². The van der Waals surface area contributed by atoms with Gasteiger partial charge in [-0.1, -0.05) is 42.3 Å². The van der Waals surface area contributed by atoms with Crippen molar-refractivity contribution < 1.29 is 29.0 Å². The number of methoxy groups -OCH3 is 1. The maximum atomic E-state index is 12.2. The molecule has 200 valence electrons. The molecule has 0 bridgehead atoms. The number of imide groups is 1. The standard InChI is InChI=1S/C26H31Cl2N3O6/c1-4-30(21(15-25(33)34)18-6-7-19(27)20(28)14-18)16-17-5-8-22(23(13-17)36-3)37-12-11-31-24(32)9-10-29(2)26(31)35/h5-8,13-14,21H,4,9-12,15-16H2,1-3H3,(H,33,34). The minimum atomic E-state index is -0.923. The van der Waals surface area contributed by atoms with Crippen LogP contribution >= 0.6 is 23.2 Å². The molecule has 9 nitrogen and oxygen atoms in total. The van der Waals surface area contributed by atoms with Gasteiger partial charge in [0.25, 0.3) is 0 Å². The smallest absolute Gasteiger partial charge is 0.326 e. The number of hydrogen-bond acceptors (Lipinski definition) is 6. The monoisotopic (exact) mass is 551 g/mol. The first kappa shape index (κ1) is 28.6. The first-order chi connectivity index (χ1) is 17.6. The molecule has 0 aromatic heterocycles. The normalized spacial score (nSPS) is 14.8. The maximum absolute atomic E-state index is 12.2. The van der Waals surface area contributed by atoms with E-state index < -0.39 is 12.0 Å². The summed E-state index contributed by atoms with van der Waals surface area (Å²) in [6.07, 6.45) is 0.187. The van der Waals surface area contributed by atoms with Gasteiger partial charge in [-0.15, -0.1) is 0 Å². The van der Waals surface area contributed by atoms with Crippen LogP contribution in [0.3, 0.4) is 0 Å². The van der Waals surface area contributed by atoms with Crippen LogP contribution in [0.2, 0.25) is 10.0 Å². The fourth-order valence-corrected chi connectivity index (χ4v) is 4.53. The van der Waals surface area contributed by atoms with E-state index in [4.69, 9.17) is 32.7 Å². The molecule has 0 saturated carbocycles.